The normalized spacial score (nSPS) is 26.1. The van der Waals surface area contributed by atoms with Crippen LogP contribution in [-0.2, 0) is 11.2 Å². The van der Waals surface area contributed by atoms with Crippen LogP contribution in [0.5, 0.6) is 0 Å². The van der Waals surface area contributed by atoms with Crippen molar-refractivity contribution in [1.29, 1.82) is 0 Å². The van der Waals surface area contributed by atoms with Crippen LogP contribution in [-0.4, -0.2) is 46.2 Å². The Morgan fingerprint density at radius 2 is 2.14 bits per heavy atom. The maximum Gasteiger partial charge on any atom is 0.267 e. The summed E-state index contributed by atoms with van der Waals surface area (Å²) in [5.41, 5.74) is 1.01. The molecule has 0 saturated heterocycles. The molecule has 6 heteroatoms. The van der Waals surface area contributed by atoms with Crippen LogP contribution in [0, 0.1) is 5.41 Å². The first-order valence-corrected chi connectivity index (χ1v) is 9.11. The third-order valence-corrected chi connectivity index (χ3v) is 6.27. The third kappa shape index (κ3) is 2.36. The van der Waals surface area contributed by atoms with Crippen molar-refractivity contribution in [3.63, 3.8) is 0 Å². The molecule has 0 bridgehead atoms. The summed E-state index contributed by atoms with van der Waals surface area (Å²) in [5, 5.41) is 4.07. The van der Waals surface area contributed by atoms with Crippen molar-refractivity contribution in [3.05, 3.63) is 10.6 Å². The molecule has 3 rings (SSSR count). The smallest absolute Gasteiger partial charge is 0.267 e. The maximum atomic E-state index is 12.8. The van der Waals surface area contributed by atoms with E-state index in [1.165, 1.54) is 37.2 Å². The molecule has 1 heterocycles. The molecular formula is C16H25N3O2S. The lowest BCUT2D eigenvalue weighted by Crippen LogP contribution is -2.64. The van der Waals surface area contributed by atoms with E-state index in [9.17, 15) is 4.79 Å². The summed E-state index contributed by atoms with van der Waals surface area (Å²) in [6, 6.07) is 0.297. The number of rotatable bonds is 5. The highest BCUT2D eigenvalue weighted by molar-refractivity contribution is 7.08. The van der Waals surface area contributed by atoms with Gasteiger partial charge in [0.15, 0.2) is 0 Å². The Morgan fingerprint density at radius 3 is 2.77 bits per heavy atom. The molecule has 122 valence electrons. The van der Waals surface area contributed by atoms with Crippen LogP contribution in [0.1, 0.15) is 61.3 Å². The number of ether oxygens (including phenoxy) is 1. The van der Waals surface area contributed by atoms with Gasteiger partial charge in [-0.15, -0.1) is 5.10 Å². The second-order valence-electron chi connectivity index (χ2n) is 6.45. The van der Waals surface area contributed by atoms with Crippen molar-refractivity contribution >= 4 is 17.4 Å². The van der Waals surface area contributed by atoms with Gasteiger partial charge in [0.2, 0.25) is 0 Å². The van der Waals surface area contributed by atoms with Crippen LogP contribution in [0.3, 0.4) is 0 Å². The average Bonchev–Trinajstić information content (AvgIpc) is 3.19. The van der Waals surface area contributed by atoms with Crippen LogP contribution >= 0.6 is 11.5 Å². The van der Waals surface area contributed by atoms with E-state index in [1.54, 1.807) is 0 Å². The second-order valence-corrected chi connectivity index (χ2v) is 7.21. The Morgan fingerprint density at radius 1 is 1.41 bits per heavy atom. The fourth-order valence-electron chi connectivity index (χ4n) is 4.30. The zero-order valence-corrected chi connectivity index (χ0v) is 14.5. The molecule has 2 saturated carbocycles. The lowest BCUT2D eigenvalue weighted by Gasteiger charge is -2.56. The molecule has 2 fully saturated rings. The number of hydrogen-bond acceptors (Lipinski definition) is 5. The van der Waals surface area contributed by atoms with Crippen molar-refractivity contribution < 1.29 is 9.53 Å². The van der Waals surface area contributed by atoms with E-state index in [2.05, 4.69) is 16.5 Å². The van der Waals surface area contributed by atoms with Crippen LogP contribution in [0.2, 0.25) is 0 Å². The van der Waals surface area contributed by atoms with E-state index in [0.29, 0.717) is 17.0 Å². The summed E-state index contributed by atoms with van der Waals surface area (Å²) in [4.78, 5) is 15.5. The van der Waals surface area contributed by atoms with Crippen LogP contribution < -0.4 is 0 Å². The molecule has 1 aromatic rings. The van der Waals surface area contributed by atoms with Gasteiger partial charge >= 0.3 is 0 Å². The Labute approximate surface area is 136 Å². The number of aryl methyl sites for hydroxylation is 1. The van der Waals surface area contributed by atoms with Gasteiger partial charge in [0.05, 0.1) is 11.8 Å². The molecule has 0 radical (unpaired) electrons. The third-order valence-electron chi connectivity index (χ3n) is 5.52. The highest BCUT2D eigenvalue weighted by Gasteiger charge is 2.59. The monoisotopic (exact) mass is 323 g/mol. The standard InChI is InChI=1S/C16H25N3O2S/c1-4-11-14(22-18-17-11)15(20)19(3)12-10-13(21-5-2)16(12)8-6-7-9-16/h12-13H,4-10H2,1-3H3/t12-,13+/m1/s1. The largest absolute Gasteiger partial charge is 0.378 e. The predicted molar refractivity (Wildman–Crippen MR) is 86.1 cm³/mol. The number of aromatic nitrogens is 2. The van der Waals surface area contributed by atoms with Crippen molar-refractivity contribution in [2.75, 3.05) is 13.7 Å². The van der Waals surface area contributed by atoms with Gasteiger partial charge in [-0.3, -0.25) is 4.79 Å². The summed E-state index contributed by atoms with van der Waals surface area (Å²) in [7, 11) is 1.94. The minimum Gasteiger partial charge on any atom is -0.378 e. The molecular weight excluding hydrogens is 298 g/mol. The van der Waals surface area contributed by atoms with Gasteiger partial charge in [-0.25, -0.2) is 0 Å². The van der Waals surface area contributed by atoms with Gasteiger partial charge in [-0.05, 0) is 44.1 Å². The number of hydrogen-bond donors (Lipinski definition) is 0. The number of nitrogens with zero attached hydrogens (tertiary/aromatic N) is 3. The van der Waals surface area contributed by atoms with Crippen molar-refractivity contribution in [3.8, 4) is 0 Å². The molecule has 22 heavy (non-hydrogen) atoms. The molecule has 1 spiro atoms. The molecule has 0 N–H and O–H groups in total. The SMILES string of the molecule is CCO[C@H]1C[C@@H](N(C)C(=O)c2snnc2CC)C12CCCC2. The lowest BCUT2D eigenvalue weighted by atomic mass is 9.60. The minimum absolute atomic E-state index is 0.0815. The summed E-state index contributed by atoms with van der Waals surface area (Å²) < 4.78 is 9.90. The lowest BCUT2D eigenvalue weighted by molar-refractivity contribution is -0.152. The second kappa shape index (κ2) is 6.24. The Kier molecular flexibility index (Phi) is 4.50. The summed E-state index contributed by atoms with van der Waals surface area (Å²) in [5.74, 6) is 0.0815. The molecule has 2 aliphatic carbocycles. The number of carbonyl (C=O) groups excluding carboxylic acids is 1. The minimum atomic E-state index is 0.0815. The van der Waals surface area contributed by atoms with Gasteiger partial charge in [0.25, 0.3) is 5.91 Å². The Hall–Kier alpha value is -1.01. The number of amides is 1. The fraction of sp³-hybridized carbons (Fsp3) is 0.812. The molecule has 2 aliphatic rings. The fourth-order valence-corrected chi connectivity index (χ4v) is 5.03. The Bertz CT molecular complexity index is 539. The van der Waals surface area contributed by atoms with Crippen LogP contribution in [0.4, 0.5) is 0 Å². The average molecular weight is 323 g/mol. The topological polar surface area (TPSA) is 55.3 Å². The van der Waals surface area contributed by atoms with E-state index in [-0.39, 0.29) is 11.3 Å². The van der Waals surface area contributed by atoms with E-state index in [1.807, 2.05) is 18.9 Å². The summed E-state index contributed by atoms with van der Waals surface area (Å²) >= 11 is 1.22. The molecule has 0 aromatic carbocycles. The molecule has 0 aliphatic heterocycles. The zero-order chi connectivity index (χ0) is 15.7. The van der Waals surface area contributed by atoms with Crippen LogP contribution in [0.15, 0.2) is 0 Å². The van der Waals surface area contributed by atoms with Crippen molar-refractivity contribution in [2.45, 2.75) is 64.5 Å². The molecule has 1 aromatic heterocycles. The molecule has 1 amide bonds. The Balaban J connectivity index is 1.77. The highest BCUT2D eigenvalue weighted by Crippen LogP contribution is 2.56. The first-order valence-electron chi connectivity index (χ1n) is 8.34. The van der Waals surface area contributed by atoms with Gasteiger partial charge in [0, 0.05) is 25.1 Å². The van der Waals surface area contributed by atoms with Crippen LogP contribution in [0.25, 0.3) is 0 Å². The molecule has 0 unspecified atom stereocenters. The highest BCUT2D eigenvalue weighted by atomic mass is 32.1. The van der Waals surface area contributed by atoms with Gasteiger partial charge in [-0.1, -0.05) is 24.3 Å². The summed E-state index contributed by atoms with van der Waals surface area (Å²) in [6.07, 6.45) is 6.91. The van der Waals surface area contributed by atoms with E-state index in [0.717, 1.165) is 25.1 Å². The van der Waals surface area contributed by atoms with Gasteiger partial charge in [-0.2, -0.15) is 0 Å². The zero-order valence-electron chi connectivity index (χ0n) is 13.7. The molecule has 5 nitrogen and oxygen atoms in total. The first-order chi connectivity index (χ1) is 10.6. The first kappa shape index (κ1) is 15.9. The van der Waals surface area contributed by atoms with Gasteiger partial charge < -0.3 is 9.64 Å². The predicted octanol–water partition coefficient (Wildman–Crippen LogP) is 2.91. The van der Waals surface area contributed by atoms with Gasteiger partial charge in [0.1, 0.15) is 4.88 Å². The summed E-state index contributed by atoms with van der Waals surface area (Å²) in [6.45, 7) is 4.83. The number of carbonyl (C=O) groups is 1. The quantitative estimate of drug-likeness (QED) is 0.836. The molecule has 2 atom stereocenters. The van der Waals surface area contributed by atoms with Crippen molar-refractivity contribution in [2.24, 2.45) is 5.41 Å². The van der Waals surface area contributed by atoms with E-state index in [4.69, 9.17) is 4.74 Å². The van der Waals surface area contributed by atoms with E-state index < -0.39 is 0 Å². The van der Waals surface area contributed by atoms with Crippen molar-refractivity contribution in [1.82, 2.24) is 14.5 Å². The van der Waals surface area contributed by atoms with E-state index >= 15 is 0 Å². The maximum absolute atomic E-state index is 12.8.